The maximum absolute atomic E-state index is 12.8. The SMILES string of the molecule is CCC(C)C(NC(=O)C(CC(N)=O)NC(=O)C(N)CCCCN)C(=O)NC(CO)C(=O)O. The van der Waals surface area contributed by atoms with Crippen LogP contribution in [0.4, 0.5) is 0 Å². The molecule has 0 aliphatic heterocycles. The van der Waals surface area contributed by atoms with E-state index < -0.39 is 72.7 Å². The Morgan fingerprint density at radius 3 is 2.00 bits per heavy atom. The van der Waals surface area contributed by atoms with Gasteiger partial charge in [-0.3, -0.25) is 19.2 Å². The molecule has 0 bridgehead atoms. The largest absolute Gasteiger partial charge is 0.480 e. The summed E-state index contributed by atoms with van der Waals surface area (Å²) in [6.07, 6.45) is 1.50. The van der Waals surface area contributed by atoms with Crippen LogP contribution < -0.4 is 33.2 Å². The van der Waals surface area contributed by atoms with Crippen molar-refractivity contribution >= 4 is 29.6 Å². The van der Waals surface area contributed by atoms with E-state index in [0.717, 1.165) is 0 Å². The highest BCUT2D eigenvalue weighted by atomic mass is 16.4. The standard InChI is InChI=1S/C19H36N6O7/c1-3-10(2)15(18(30)24-13(9-26)19(31)32)25-17(29)12(8-14(22)27)23-16(28)11(21)6-4-5-7-20/h10-13,15,26H,3-9,20-21H2,1-2H3,(H2,22,27)(H,23,28)(H,24,30)(H,25,29)(H,31,32). The van der Waals surface area contributed by atoms with Crippen molar-refractivity contribution in [3.05, 3.63) is 0 Å². The number of carboxylic acids is 1. The number of rotatable bonds is 16. The lowest BCUT2D eigenvalue weighted by atomic mass is 9.97. The monoisotopic (exact) mass is 460 g/mol. The van der Waals surface area contributed by atoms with Crippen LogP contribution in [0.2, 0.25) is 0 Å². The number of carbonyl (C=O) groups is 5. The van der Waals surface area contributed by atoms with Crippen molar-refractivity contribution in [2.45, 2.75) is 70.1 Å². The van der Waals surface area contributed by atoms with Gasteiger partial charge < -0.3 is 43.4 Å². The summed E-state index contributed by atoms with van der Waals surface area (Å²) in [5.74, 6) is -5.11. The number of hydrogen-bond donors (Lipinski definition) is 8. The molecule has 13 heteroatoms. The number of aliphatic hydroxyl groups is 1. The van der Waals surface area contributed by atoms with Gasteiger partial charge in [-0.15, -0.1) is 0 Å². The number of unbranched alkanes of at least 4 members (excludes halogenated alkanes) is 1. The quantitative estimate of drug-likeness (QED) is 0.109. The molecule has 5 unspecified atom stereocenters. The number of hydrogen-bond acceptors (Lipinski definition) is 8. The zero-order chi connectivity index (χ0) is 24.8. The number of amides is 4. The summed E-state index contributed by atoms with van der Waals surface area (Å²) < 4.78 is 0. The molecule has 184 valence electrons. The number of nitrogens with two attached hydrogens (primary N) is 3. The molecule has 5 atom stereocenters. The van der Waals surface area contributed by atoms with Crippen molar-refractivity contribution in [2.24, 2.45) is 23.1 Å². The molecule has 0 aliphatic rings. The van der Waals surface area contributed by atoms with Crippen LogP contribution in [0, 0.1) is 5.92 Å². The summed E-state index contributed by atoms with van der Waals surface area (Å²) in [5, 5.41) is 25.1. The first-order valence-electron chi connectivity index (χ1n) is 10.5. The van der Waals surface area contributed by atoms with Crippen LogP contribution in [0.1, 0.15) is 46.0 Å². The summed E-state index contributed by atoms with van der Waals surface area (Å²) in [4.78, 5) is 60.2. The van der Waals surface area contributed by atoms with Crippen LogP contribution in [-0.4, -0.2) is 77.1 Å². The van der Waals surface area contributed by atoms with Gasteiger partial charge in [0.05, 0.1) is 19.1 Å². The highest BCUT2D eigenvalue weighted by Gasteiger charge is 2.33. The van der Waals surface area contributed by atoms with Gasteiger partial charge in [0.15, 0.2) is 0 Å². The first-order chi connectivity index (χ1) is 15.0. The van der Waals surface area contributed by atoms with Gasteiger partial charge >= 0.3 is 5.97 Å². The van der Waals surface area contributed by atoms with E-state index in [2.05, 4.69) is 16.0 Å². The molecule has 11 N–H and O–H groups in total. The molecule has 0 aliphatic carbocycles. The van der Waals surface area contributed by atoms with Gasteiger partial charge in [-0.05, 0) is 25.3 Å². The van der Waals surface area contributed by atoms with Crippen LogP contribution in [-0.2, 0) is 24.0 Å². The van der Waals surface area contributed by atoms with Crippen molar-refractivity contribution < 1.29 is 34.2 Å². The van der Waals surface area contributed by atoms with Gasteiger partial charge in [0, 0.05) is 0 Å². The average molecular weight is 461 g/mol. The van der Waals surface area contributed by atoms with E-state index in [1.54, 1.807) is 13.8 Å². The Hall–Kier alpha value is -2.77. The van der Waals surface area contributed by atoms with Crippen LogP contribution in [0.15, 0.2) is 0 Å². The molecule has 0 aromatic heterocycles. The third kappa shape index (κ3) is 10.5. The lowest BCUT2D eigenvalue weighted by Crippen LogP contribution is -2.59. The Morgan fingerprint density at radius 2 is 1.53 bits per heavy atom. The van der Waals surface area contributed by atoms with E-state index in [9.17, 15) is 24.0 Å². The Labute approximate surface area is 186 Å². The van der Waals surface area contributed by atoms with Gasteiger partial charge in [-0.25, -0.2) is 4.79 Å². The maximum Gasteiger partial charge on any atom is 0.328 e. The zero-order valence-corrected chi connectivity index (χ0v) is 18.5. The lowest BCUT2D eigenvalue weighted by Gasteiger charge is -2.27. The first kappa shape index (κ1) is 29.2. The average Bonchev–Trinajstić information content (AvgIpc) is 2.73. The molecule has 13 nitrogen and oxygen atoms in total. The van der Waals surface area contributed by atoms with Gasteiger partial charge in [0.25, 0.3) is 0 Å². The second kappa shape index (κ2) is 15.1. The minimum atomic E-state index is -1.56. The second-order valence-electron chi connectivity index (χ2n) is 7.58. The van der Waals surface area contributed by atoms with Gasteiger partial charge in [-0.1, -0.05) is 26.7 Å². The molecule has 4 amide bonds. The predicted octanol–water partition coefficient (Wildman–Crippen LogP) is -3.10. The lowest BCUT2D eigenvalue weighted by molar-refractivity contribution is -0.143. The summed E-state index contributed by atoms with van der Waals surface area (Å²) >= 11 is 0. The van der Waals surface area contributed by atoms with E-state index >= 15 is 0 Å². The molecule has 0 aromatic rings. The van der Waals surface area contributed by atoms with Gasteiger partial charge in [0.1, 0.15) is 18.1 Å². The molecule has 0 radical (unpaired) electrons. The Bertz CT molecular complexity index is 660. The third-order valence-electron chi connectivity index (χ3n) is 4.93. The minimum absolute atomic E-state index is 0.323. The minimum Gasteiger partial charge on any atom is -0.480 e. The molecule has 0 saturated heterocycles. The summed E-state index contributed by atoms with van der Waals surface area (Å²) in [6.45, 7) is 3.00. The van der Waals surface area contributed by atoms with Crippen molar-refractivity contribution in [3.63, 3.8) is 0 Å². The highest BCUT2D eigenvalue weighted by molar-refractivity contribution is 5.96. The number of carboxylic acid groups (broad SMARTS) is 1. The summed E-state index contributed by atoms with van der Waals surface area (Å²) in [7, 11) is 0. The molecular formula is C19H36N6O7. The fourth-order valence-corrected chi connectivity index (χ4v) is 2.73. The number of aliphatic carboxylic acids is 1. The molecule has 0 spiro atoms. The number of nitrogens with one attached hydrogen (secondary N) is 3. The molecule has 0 heterocycles. The predicted molar refractivity (Wildman–Crippen MR) is 115 cm³/mol. The summed E-state index contributed by atoms with van der Waals surface area (Å²) in [6, 6.07) is -5.06. The van der Waals surface area contributed by atoms with E-state index in [0.29, 0.717) is 32.2 Å². The fraction of sp³-hybridized carbons (Fsp3) is 0.737. The van der Waals surface area contributed by atoms with E-state index in [1.165, 1.54) is 0 Å². The molecule has 0 saturated carbocycles. The van der Waals surface area contributed by atoms with Crippen molar-refractivity contribution in [2.75, 3.05) is 13.2 Å². The maximum atomic E-state index is 12.8. The topological polar surface area (TPSA) is 240 Å². The smallest absolute Gasteiger partial charge is 0.328 e. The molecule has 0 aromatic carbocycles. The molecule has 0 rings (SSSR count). The number of aliphatic hydroxyl groups excluding tert-OH is 1. The molecule has 32 heavy (non-hydrogen) atoms. The van der Waals surface area contributed by atoms with Crippen LogP contribution >= 0.6 is 0 Å². The van der Waals surface area contributed by atoms with Crippen LogP contribution in [0.5, 0.6) is 0 Å². The van der Waals surface area contributed by atoms with Crippen LogP contribution in [0.3, 0.4) is 0 Å². The Kier molecular flexibility index (Phi) is 13.8. The van der Waals surface area contributed by atoms with E-state index in [-0.39, 0.29) is 0 Å². The van der Waals surface area contributed by atoms with E-state index in [1.807, 2.05) is 0 Å². The first-order valence-corrected chi connectivity index (χ1v) is 10.5. The van der Waals surface area contributed by atoms with Crippen LogP contribution in [0.25, 0.3) is 0 Å². The van der Waals surface area contributed by atoms with E-state index in [4.69, 9.17) is 27.4 Å². The molecular weight excluding hydrogens is 424 g/mol. The number of carbonyl (C=O) groups excluding carboxylic acids is 4. The zero-order valence-electron chi connectivity index (χ0n) is 18.5. The Morgan fingerprint density at radius 1 is 0.938 bits per heavy atom. The van der Waals surface area contributed by atoms with Crippen molar-refractivity contribution in [1.82, 2.24) is 16.0 Å². The fourth-order valence-electron chi connectivity index (χ4n) is 2.73. The highest BCUT2D eigenvalue weighted by Crippen LogP contribution is 2.10. The second-order valence-corrected chi connectivity index (χ2v) is 7.58. The summed E-state index contributed by atoms with van der Waals surface area (Å²) in [5.41, 5.74) is 16.4. The molecule has 0 fully saturated rings. The van der Waals surface area contributed by atoms with Gasteiger partial charge in [-0.2, -0.15) is 0 Å². The number of primary amides is 1. The normalized spacial score (nSPS) is 15.5. The van der Waals surface area contributed by atoms with Crippen molar-refractivity contribution in [1.29, 1.82) is 0 Å². The third-order valence-corrected chi connectivity index (χ3v) is 4.93. The van der Waals surface area contributed by atoms with Gasteiger partial charge in [0.2, 0.25) is 23.6 Å². The van der Waals surface area contributed by atoms with Crippen molar-refractivity contribution in [3.8, 4) is 0 Å². The Balaban J connectivity index is 5.40.